The van der Waals surface area contributed by atoms with Gasteiger partial charge < -0.3 is 15.4 Å². The molecule has 0 heterocycles. The normalized spacial score (nSPS) is 10.3. The number of amides is 1. The highest BCUT2D eigenvalue weighted by molar-refractivity contribution is 6.06. The zero-order valence-electron chi connectivity index (χ0n) is 11.6. The van der Waals surface area contributed by atoms with E-state index >= 15 is 0 Å². The zero-order valence-corrected chi connectivity index (χ0v) is 11.6. The van der Waals surface area contributed by atoms with E-state index in [2.05, 4.69) is 0 Å². The molecule has 0 bridgehead atoms. The van der Waals surface area contributed by atoms with Crippen LogP contribution in [0, 0.1) is 11.6 Å². The second kappa shape index (κ2) is 5.78. The molecule has 0 aliphatic rings. The van der Waals surface area contributed by atoms with Crippen molar-refractivity contribution in [1.82, 2.24) is 0 Å². The third kappa shape index (κ3) is 2.79. The van der Waals surface area contributed by atoms with E-state index < -0.39 is 23.2 Å². The number of halogens is 2. The smallest absolute Gasteiger partial charge is 0.258 e. The third-order valence-corrected chi connectivity index (χ3v) is 3.08. The van der Waals surface area contributed by atoms with Gasteiger partial charge in [0.25, 0.3) is 5.91 Å². The number of carbonyl (C=O) groups is 1. The van der Waals surface area contributed by atoms with Crippen LogP contribution in [0.5, 0.6) is 5.75 Å². The van der Waals surface area contributed by atoms with E-state index in [4.69, 9.17) is 10.5 Å². The molecule has 0 saturated heterocycles. The number of anilines is 2. The van der Waals surface area contributed by atoms with Gasteiger partial charge in [0.05, 0.1) is 12.8 Å². The Labute approximate surface area is 120 Å². The maximum Gasteiger partial charge on any atom is 0.258 e. The molecule has 2 N–H and O–H groups in total. The third-order valence-electron chi connectivity index (χ3n) is 3.08. The van der Waals surface area contributed by atoms with Crippen molar-refractivity contribution in [3.05, 3.63) is 53.6 Å². The summed E-state index contributed by atoms with van der Waals surface area (Å²) < 4.78 is 32.1. The number of hydrogen-bond acceptors (Lipinski definition) is 3. The monoisotopic (exact) mass is 292 g/mol. The van der Waals surface area contributed by atoms with Crippen LogP contribution in [0.3, 0.4) is 0 Å². The van der Waals surface area contributed by atoms with E-state index in [0.717, 1.165) is 12.1 Å². The highest BCUT2D eigenvalue weighted by Crippen LogP contribution is 2.28. The van der Waals surface area contributed by atoms with Crippen LogP contribution >= 0.6 is 0 Å². The van der Waals surface area contributed by atoms with Gasteiger partial charge in [0.15, 0.2) is 0 Å². The summed E-state index contributed by atoms with van der Waals surface area (Å²) in [5, 5.41) is 0. The summed E-state index contributed by atoms with van der Waals surface area (Å²) in [5.41, 5.74) is 4.94. The van der Waals surface area contributed by atoms with Crippen molar-refractivity contribution in [3.8, 4) is 5.75 Å². The highest BCUT2D eigenvalue weighted by atomic mass is 19.1. The molecule has 0 aliphatic carbocycles. The lowest BCUT2D eigenvalue weighted by molar-refractivity contribution is 0.0991. The first-order valence-corrected chi connectivity index (χ1v) is 6.11. The number of hydrogen-bond donors (Lipinski definition) is 1. The number of nitrogens with zero attached hydrogens (tertiary/aromatic N) is 1. The van der Waals surface area contributed by atoms with Crippen molar-refractivity contribution in [2.24, 2.45) is 0 Å². The SMILES string of the molecule is COc1ccccc1N(C)C(=O)c1cc(F)c(N)c(F)c1. The molecule has 0 spiro atoms. The lowest BCUT2D eigenvalue weighted by Crippen LogP contribution is -2.27. The summed E-state index contributed by atoms with van der Waals surface area (Å²) in [7, 11) is 2.96. The van der Waals surface area contributed by atoms with Crippen LogP contribution in [0.4, 0.5) is 20.2 Å². The lowest BCUT2D eigenvalue weighted by atomic mass is 10.1. The average molecular weight is 292 g/mol. The van der Waals surface area contributed by atoms with E-state index in [1.807, 2.05) is 0 Å². The summed E-state index contributed by atoms with van der Waals surface area (Å²) in [4.78, 5) is 13.6. The number of ether oxygens (including phenoxy) is 1. The van der Waals surface area contributed by atoms with Crippen LogP contribution in [0.15, 0.2) is 36.4 Å². The molecule has 110 valence electrons. The van der Waals surface area contributed by atoms with Crippen LogP contribution in [0.25, 0.3) is 0 Å². The summed E-state index contributed by atoms with van der Waals surface area (Å²) in [6.07, 6.45) is 0. The average Bonchev–Trinajstić information content (AvgIpc) is 2.50. The van der Waals surface area contributed by atoms with E-state index in [9.17, 15) is 13.6 Å². The molecule has 21 heavy (non-hydrogen) atoms. The molecule has 1 amide bonds. The summed E-state index contributed by atoms with van der Waals surface area (Å²) in [6, 6.07) is 8.65. The van der Waals surface area contributed by atoms with Crippen LogP contribution in [0.1, 0.15) is 10.4 Å². The standard InChI is InChI=1S/C15H14F2N2O2/c1-19(12-5-3-4-6-13(12)21-2)15(20)9-7-10(16)14(18)11(17)8-9/h3-8H,18H2,1-2H3. The van der Waals surface area contributed by atoms with Gasteiger partial charge in [-0.05, 0) is 24.3 Å². The molecule has 0 aliphatic heterocycles. The Kier molecular flexibility index (Phi) is 4.07. The number of nitrogens with two attached hydrogens (primary N) is 1. The predicted molar refractivity (Wildman–Crippen MR) is 76.5 cm³/mol. The fourth-order valence-electron chi connectivity index (χ4n) is 1.92. The predicted octanol–water partition coefficient (Wildman–Crippen LogP) is 2.83. The minimum absolute atomic E-state index is 0.132. The molecule has 0 aromatic heterocycles. The van der Waals surface area contributed by atoms with Gasteiger partial charge in [-0.25, -0.2) is 8.78 Å². The Balaban J connectivity index is 2.40. The second-order valence-corrected chi connectivity index (χ2v) is 4.39. The molecule has 4 nitrogen and oxygen atoms in total. The molecule has 2 aromatic carbocycles. The van der Waals surface area contributed by atoms with E-state index in [-0.39, 0.29) is 5.56 Å². The van der Waals surface area contributed by atoms with Crippen molar-refractivity contribution >= 4 is 17.3 Å². The van der Waals surface area contributed by atoms with Crippen LogP contribution < -0.4 is 15.4 Å². The van der Waals surface area contributed by atoms with E-state index in [1.54, 1.807) is 24.3 Å². The molecule has 0 saturated carbocycles. The molecule has 2 aromatic rings. The molecular weight excluding hydrogens is 278 g/mol. The first-order valence-electron chi connectivity index (χ1n) is 6.11. The fourth-order valence-corrected chi connectivity index (χ4v) is 1.92. The minimum Gasteiger partial charge on any atom is -0.495 e. The number of nitrogen functional groups attached to an aromatic ring is 1. The fraction of sp³-hybridized carbons (Fsp3) is 0.133. The Bertz CT molecular complexity index is 666. The lowest BCUT2D eigenvalue weighted by Gasteiger charge is -2.20. The molecule has 0 atom stereocenters. The Hall–Kier alpha value is -2.63. The number of methoxy groups -OCH3 is 1. The zero-order chi connectivity index (χ0) is 15.6. The maximum absolute atomic E-state index is 13.5. The van der Waals surface area contributed by atoms with E-state index in [1.165, 1.54) is 19.1 Å². The number of carbonyl (C=O) groups excluding carboxylic acids is 1. The number of rotatable bonds is 3. The Morgan fingerprint density at radius 2 is 1.76 bits per heavy atom. The van der Waals surface area contributed by atoms with Gasteiger partial charge in [0.1, 0.15) is 23.1 Å². The molecule has 2 rings (SSSR count). The molecule has 0 fully saturated rings. The van der Waals surface area contributed by atoms with Crippen molar-refractivity contribution < 1.29 is 18.3 Å². The minimum atomic E-state index is -0.966. The Morgan fingerprint density at radius 3 is 2.33 bits per heavy atom. The molecule has 0 unspecified atom stereocenters. The van der Waals surface area contributed by atoms with Crippen molar-refractivity contribution in [2.45, 2.75) is 0 Å². The summed E-state index contributed by atoms with van der Waals surface area (Å²) >= 11 is 0. The number of benzene rings is 2. The van der Waals surface area contributed by atoms with Gasteiger partial charge in [-0.3, -0.25) is 4.79 Å². The maximum atomic E-state index is 13.5. The van der Waals surface area contributed by atoms with Crippen molar-refractivity contribution in [3.63, 3.8) is 0 Å². The second-order valence-electron chi connectivity index (χ2n) is 4.39. The summed E-state index contributed by atoms with van der Waals surface area (Å²) in [5.74, 6) is -2.03. The first kappa shape index (κ1) is 14.8. The summed E-state index contributed by atoms with van der Waals surface area (Å²) in [6.45, 7) is 0. The van der Waals surface area contributed by atoms with Gasteiger partial charge in [-0.15, -0.1) is 0 Å². The highest BCUT2D eigenvalue weighted by Gasteiger charge is 2.19. The molecule has 0 radical (unpaired) electrons. The molecular formula is C15H14F2N2O2. The van der Waals surface area contributed by atoms with Gasteiger partial charge in [-0.1, -0.05) is 12.1 Å². The largest absolute Gasteiger partial charge is 0.495 e. The van der Waals surface area contributed by atoms with Gasteiger partial charge in [0.2, 0.25) is 0 Å². The van der Waals surface area contributed by atoms with E-state index in [0.29, 0.717) is 11.4 Å². The molecule has 6 heteroatoms. The van der Waals surface area contributed by atoms with Crippen LogP contribution in [-0.2, 0) is 0 Å². The first-order chi connectivity index (χ1) is 9.95. The van der Waals surface area contributed by atoms with Crippen molar-refractivity contribution in [1.29, 1.82) is 0 Å². The Morgan fingerprint density at radius 1 is 1.19 bits per heavy atom. The van der Waals surface area contributed by atoms with Crippen LogP contribution in [-0.4, -0.2) is 20.1 Å². The van der Waals surface area contributed by atoms with Gasteiger partial charge in [0, 0.05) is 12.6 Å². The van der Waals surface area contributed by atoms with Gasteiger partial charge >= 0.3 is 0 Å². The topological polar surface area (TPSA) is 55.6 Å². The number of para-hydroxylation sites is 2. The van der Waals surface area contributed by atoms with Crippen molar-refractivity contribution in [2.75, 3.05) is 24.8 Å². The van der Waals surface area contributed by atoms with Gasteiger partial charge in [-0.2, -0.15) is 0 Å². The van der Waals surface area contributed by atoms with Crippen LogP contribution in [0.2, 0.25) is 0 Å². The quantitative estimate of drug-likeness (QED) is 0.885.